The Hall–Kier alpha value is -1.82. The van der Waals surface area contributed by atoms with E-state index in [1.54, 1.807) is 14.2 Å². The van der Waals surface area contributed by atoms with E-state index < -0.39 is 0 Å². The van der Waals surface area contributed by atoms with Gasteiger partial charge in [0.15, 0.2) is 5.82 Å². The minimum Gasteiger partial charge on any atom is -0.497 e. The van der Waals surface area contributed by atoms with Gasteiger partial charge in [-0.3, -0.25) is 0 Å². The van der Waals surface area contributed by atoms with Crippen LogP contribution in [0.5, 0.6) is 11.5 Å². The summed E-state index contributed by atoms with van der Waals surface area (Å²) in [4.78, 5) is 9.15. The monoisotopic (exact) mass is 351 g/mol. The van der Waals surface area contributed by atoms with Crippen LogP contribution in [0, 0.1) is 0 Å². The maximum atomic E-state index is 5.30. The number of anilines is 1. The molecule has 112 valence electrons. The lowest BCUT2D eigenvalue weighted by Crippen LogP contribution is -2.03. The molecule has 1 N–H and O–H groups in total. The second-order valence-electron chi connectivity index (χ2n) is 4.36. The van der Waals surface area contributed by atoms with E-state index in [0.717, 1.165) is 28.0 Å². The third kappa shape index (κ3) is 3.26. The van der Waals surface area contributed by atoms with E-state index in [4.69, 9.17) is 9.47 Å². The highest BCUT2D eigenvalue weighted by atomic mass is 79.9. The maximum absolute atomic E-state index is 5.30. The summed E-state index contributed by atoms with van der Waals surface area (Å²) >= 11 is 3.53. The summed E-state index contributed by atoms with van der Waals surface area (Å²) in [7, 11) is 5.08. The molecule has 0 radical (unpaired) electrons. The Balaban J connectivity index is 2.60. The van der Waals surface area contributed by atoms with Gasteiger partial charge >= 0.3 is 0 Å². The average Bonchev–Trinajstić information content (AvgIpc) is 2.54. The highest BCUT2D eigenvalue weighted by Crippen LogP contribution is 2.31. The summed E-state index contributed by atoms with van der Waals surface area (Å²) in [5.74, 6) is 2.81. The fourth-order valence-electron chi connectivity index (χ4n) is 1.96. The molecule has 0 aliphatic carbocycles. The third-order valence-electron chi connectivity index (χ3n) is 3.10. The lowest BCUT2D eigenvalue weighted by atomic mass is 10.1. The number of aryl methyl sites for hydroxylation is 1. The normalized spacial score (nSPS) is 10.3. The Morgan fingerprint density at radius 3 is 2.19 bits per heavy atom. The molecule has 0 saturated carbocycles. The van der Waals surface area contributed by atoms with Crippen LogP contribution in [0.4, 0.5) is 5.82 Å². The topological polar surface area (TPSA) is 56.3 Å². The van der Waals surface area contributed by atoms with Crippen molar-refractivity contribution in [2.24, 2.45) is 0 Å². The number of rotatable bonds is 5. The number of benzene rings is 1. The van der Waals surface area contributed by atoms with Gasteiger partial charge in [-0.1, -0.05) is 6.92 Å². The fourth-order valence-corrected chi connectivity index (χ4v) is 2.62. The number of ether oxygens (including phenoxy) is 2. The quantitative estimate of drug-likeness (QED) is 0.892. The predicted octanol–water partition coefficient (Wildman–Crippen LogP) is 3.53. The predicted molar refractivity (Wildman–Crippen MR) is 87.2 cm³/mol. The van der Waals surface area contributed by atoms with Crippen molar-refractivity contribution in [1.29, 1.82) is 0 Å². The van der Waals surface area contributed by atoms with Gasteiger partial charge in [-0.15, -0.1) is 0 Å². The molecule has 2 rings (SSSR count). The summed E-state index contributed by atoms with van der Waals surface area (Å²) in [6.07, 6.45) is 0.811. The molecule has 0 aliphatic rings. The van der Waals surface area contributed by atoms with E-state index >= 15 is 0 Å². The molecular weight excluding hydrogens is 334 g/mol. The minimum absolute atomic E-state index is 0.636. The molecule has 0 unspecified atom stereocenters. The number of aromatic nitrogens is 2. The van der Waals surface area contributed by atoms with Crippen LogP contribution >= 0.6 is 15.9 Å². The van der Waals surface area contributed by atoms with E-state index in [1.165, 1.54) is 0 Å². The van der Waals surface area contributed by atoms with Crippen LogP contribution < -0.4 is 14.8 Å². The van der Waals surface area contributed by atoms with Crippen molar-refractivity contribution in [3.63, 3.8) is 0 Å². The van der Waals surface area contributed by atoms with E-state index in [-0.39, 0.29) is 0 Å². The zero-order valence-electron chi connectivity index (χ0n) is 12.5. The van der Waals surface area contributed by atoms with Crippen molar-refractivity contribution in [2.75, 3.05) is 26.6 Å². The van der Waals surface area contributed by atoms with Crippen molar-refractivity contribution >= 4 is 21.7 Å². The molecule has 0 aliphatic heterocycles. The van der Waals surface area contributed by atoms with Gasteiger partial charge in [-0.25, -0.2) is 9.97 Å². The molecule has 5 nitrogen and oxygen atoms in total. The number of hydrogen-bond acceptors (Lipinski definition) is 5. The average molecular weight is 352 g/mol. The Bertz CT molecular complexity index is 600. The highest BCUT2D eigenvalue weighted by Gasteiger charge is 2.13. The first-order valence-electron chi connectivity index (χ1n) is 6.60. The van der Waals surface area contributed by atoms with Crippen LogP contribution in [0.15, 0.2) is 22.7 Å². The standard InChI is InChI=1S/C15H18BrN3O2/c1-5-12-13(16)15(17-2)19-14(18-12)9-6-10(20-3)8-11(7-9)21-4/h6-8H,5H2,1-4H3,(H,17,18,19). The SMILES string of the molecule is CCc1nc(-c2cc(OC)cc(OC)c2)nc(NC)c1Br. The zero-order chi connectivity index (χ0) is 15.4. The number of nitrogens with zero attached hydrogens (tertiary/aromatic N) is 2. The summed E-state index contributed by atoms with van der Waals surface area (Å²) in [6, 6.07) is 5.61. The van der Waals surface area contributed by atoms with Crippen molar-refractivity contribution in [3.05, 3.63) is 28.4 Å². The Morgan fingerprint density at radius 2 is 1.71 bits per heavy atom. The number of nitrogens with one attached hydrogen (secondary N) is 1. The van der Waals surface area contributed by atoms with E-state index in [1.807, 2.05) is 25.2 Å². The summed E-state index contributed by atoms with van der Waals surface area (Å²) in [5, 5.41) is 3.08. The van der Waals surface area contributed by atoms with Crippen LogP contribution in [-0.4, -0.2) is 31.2 Å². The van der Waals surface area contributed by atoms with E-state index in [9.17, 15) is 0 Å². The minimum atomic E-state index is 0.636. The molecule has 0 fully saturated rings. The van der Waals surface area contributed by atoms with E-state index in [2.05, 4.69) is 38.1 Å². The maximum Gasteiger partial charge on any atom is 0.162 e. The number of halogens is 1. The second kappa shape index (κ2) is 6.76. The van der Waals surface area contributed by atoms with E-state index in [0.29, 0.717) is 17.3 Å². The smallest absolute Gasteiger partial charge is 0.162 e. The van der Waals surface area contributed by atoms with Crippen molar-refractivity contribution in [3.8, 4) is 22.9 Å². The molecule has 0 bridgehead atoms. The molecule has 0 amide bonds. The van der Waals surface area contributed by atoms with Crippen LogP contribution in [0.25, 0.3) is 11.4 Å². The van der Waals surface area contributed by atoms with Gasteiger partial charge < -0.3 is 14.8 Å². The van der Waals surface area contributed by atoms with Gasteiger partial charge in [0.1, 0.15) is 17.3 Å². The highest BCUT2D eigenvalue weighted by molar-refractivity contribution is 9.10. The first kappa shape index (κ1) is 15.6. The van der Waals surface area contributed by atoms with Gasteiger partial charge in [-0.2, -0.15) is 0 Å². The lowest BCUT2D eigenvalue weighted by molar-refractivity contribution is 0.394. The largest absolute Gasteiger partial charge is 0.497 e. The van der Waals surface area contributed by atoms with Crippen LogP contribution in [0.2, 0.25) is 0 Å². The summed E-state index contributed by atoms with van der Waals surface area (Å²) < 4.78 is 11.5. The molecule has 21 heavy (non-hydrogen) atoms. The van der Waals surface area contributed by atoms with Gasteiger partial charge in [0.05, 0.1) is 24.4 Å². The second-order valence-corrected chi connectivity index (χ2v) is 5.15. The third-order valence-corrected chi connectivity index (χ3v) is 3.93. The molecular formula is C15H18BrN3O2. The molecule has 1 heterocycles. The van der Waals surface area contributed by atoms with Gasteiger partial charge in [-0.05, 0) is 34.5 Å². The first-order valence-corrected chi connectivity index (χ1v) is 7.39. The molecule has 1 aromatic heterocycles. The number of methoxy groups -OCH3 is 2. The van der Waals surface area contributed by atoms with Crippen molar-refractivity contribution < 1.29 is 9.47 Å². The number of hydrogen-bond donors (Lipinski definition) is 1. The zero-order valence-corrected chi connectivity index (χ0v) is 14.1. The molecule has 0 spiro atoms. The summed E-state index contributed by atoms with van der Waals surface area (Å²) in [6.45, 7) is 2.06. The van der Waals surface area contributed by atoms with Crippen molar-refractivity contribution in [2.45, 2.75) is 13.3 Å². The first-order chi connectivity index (χ1) is 10.1. The van der Waals surface area contributed by atoms with Gasteiger partial charge in [0.2, 0.25) is 0 Å². The van der Waals surface area contributed by atoms with Crippen molar-refractivity contribution in [1.82, 2.24) is 9.97 Å². The fraction of sp³-hybridized carbons (Fsp3) is 0.333. The Labute approximate surface area is 132 Å². The molecule has 6 heteroatoms. The summed E-state index contributed by atoms with van der Waals surface area (Å²) in [5.41, 5.74) is 1.80. The molecule has 0 atom stereocenters. The lowest BCUT2D eigenvalue weighted by Gasteiger charge is -2.12. The van der Waals surface area contributed by atoms with Gasteiger partial charge in [0.25, 0.3) is 0 Å². The molecule has 2 aromatic rings. The Morgan fingerprint density at radius 1 is 1.10 bits per heavy atom. The van der Waals surface area contributed by atoms with Crippen LogP contribution in [0.1, 0.15) is 12.6 Å². The molecule has 1 aromatic carbocycles. The van der Waals surface area contributed by atoms with Gasteiger partial charge in [0, 0.05) is 18.7 Å². The Kier molecular flexibility index (Phi) is 5.01. The van der Waals surface area contributed by atoms with Crippen LogP contribution in [0.3, 0.4) is 0 Å². The molecule has 0 saturated heterocycles. The van der Waals surface area contributed by atoms with Crippen LogP contribution in [-0.2, 0) is 6.42 Å².